The quantitative estimate of drug-likeness (QED) is 0.719. The molecular weight excluding hydrogens is 347 g/mol. The molecule has 0 atom stereocenters. The Kier molecular flexibility index (Phi) is 7.08. The van der Waals surface area contributed by atoms with Crippen LogP contribution in [0.2, 0.25) is 0 Å². The molecule has 1 rings (SSSR count). The maximum absolute atomic E-state index is 13.0. The predicted molar refractivity (Wildman–Crippen MR) is 81.7 cm³/mol. The van der Waals surface area contributed by atoms with E-state index in [2.05, 4.69) is 39.4 Å². The maximum atomic E-state index is 13.0. The van der Waals surface area contributed by atoms with Crippen LogP contribution < -0.4 is 4.72 Å². The van der Waals surface area contributed by atoms with E-state index in [0.29, 0.717) is 6.54 Å². The number of nitrogens with zero attached hydrogens (tertiary/aromatic N) is 1. The highest BCUT2D eigenvalue weighted by molar-refractivity contribution is 9.10. The summed E-state index contributed by atoms with van der Waals surface area (Å²) in [5.41, 5.74) is 0. The van der Waals surface area contributed by atoms with Gasteiger partial charge in [-0.3, -0.25) is 0 Å². The van der Waals surface area contributed by atoms with E-state index in [1.807, 2.05) is 0 Å². The summed E-state index contributed by atoms with van der Waals surface area (Å²) in [7, 11) is -3.60. The number of sulfonamides is 1. The van der Waals surface area contributed by atoms with E-state index in [0.717, 1.165) is 38.2 Å². The van der Waals surface area contributed by atoms with Crippen LogP contribution in [0.25, 0.3) is 0 Å². The average molecular weight is 367 g/mol. The van der Waals surface area contributed by atoms with E-state index < -0.39 is 15.8 Å². The summed E-state index contributed by atoms with van der Waals surface area (Å²) >= 11 is 3.07. The summed E-state index contributed by atoms with van der Waals surface area (Å²) < 4.78 is 39.9. The van der Waals surface area contributed by atoms with Crippen LogP contribution in [0.1, 0.15) is 20.3 Å². The molecule has 0 aliphatic rings. The molecule has 4 nitrogen and oxygen atoms in total. The number of hydrogen-bond donors (Lipinski definition) is 1. The van der Waals surface area contributed by atoms with Crippen molar-refractivity contribution in [2.45, 2.75) is 25.2 Å². The van der Waals surface area contributed by atoms with Gasteiger partial charge in [-0.2, -0.15) is 0 Å². The Hall–Kier alpha value is -0.500. The first kappa shape index (κ1) is 17.6. The highest BCUT2D eigenvalue weighted by atomic mass is 79.9. The first-order valence-corrected chi connectivity index (χ1v) is 8.85. The van der Waals surface area contributed by atoms with Crippen LogP contribution in [0.4, 0.5) is 4.39 Å². The van der Waals surface area contributed by atoms with Crippen molar-refractivity contribution < 1.29 is 12.8 Å². The topological polar surface area (TPSA) is 49.4 Å². The molecule has 0 aliphatic heterocycles. The minimum atomic E-state index is -3.60. The van der Waals surface area contributed by atoms with E-state index in [-0.39, 0.29) is 9.37 Å². The van der Waals surface area contributed by atoms with Crippen molar-refractivity contribution in [2.24, 2.45) is 0 Å². The third kappa shape index (κ3) is 5.12. The minimum absolute atomic E-state index is 0.0572. The van der Waals surface area contributed by atoms with Crippen LogP contribution in [0.3, 0.4) is 0 Å². The third-order valence-corrected chi connectivity index (χ3v) is 5.46. The SMILES string of the molecule is CCN(CC)CCCNS(=O)(=O)c1ccc(F)cc1Br. The first-order valence-electron chi connectivity index (χ1n) is 6.57. The molecule has 20 heavy (non-hydrogen) atoms. The summed E-state index contributed by atoms with van der Waals surface area (Å²) in [6.07, 6.45) is 0.736. The van der Waals surface area contributed by atoms with Gasteiger partial charge in [-0.15, -0.1) is 0 Å². The van der Waals surface area contributed by atoms with Gasteiger partial charge in [0.15, 0.2) is 0 Å². The van der Waals surface area contributed by atoms with Crippen LogP contribution >= 0.6 is 15.9 Å². The molecule has 0 fully saturated rings. The second-order valence-electron chi connectivity index (χ2n) is 4.35. The fourth-order valence-corrected chi connectivity index (χ4v) is 3.94. The molecule has 0 unspecified atom stereocenters. The Bertz CT molecular complexity index is 533. The molecular formula is C13H20BrFN2O2S. The van der Waals surface area contributed by atoms with Crippen molar-refractivity contribution in [1.29, 1.82) is 0 Å². The summed E-state index contributed by atoms with van der Waals surface area (Å²) in [5, 5.41) is 0. The van der Waals surface area contributed by atoms with Gasteiger partial charge in [0.25, 0.3) is 0 Å². The lowest BCUT2D eigenvalue weighted by Gasteiger charge is -2.17. The highest BCUT2D eigenvalue weighted by Crippen LogP contribution is 2.22. The standard InChI is InChI=1S/C13H20BrFN2O2S/c1-3-17(4-2)9-5-8-16-20(18,19)13-7-6-11(15)10-12(13)14/h6-7,10,16H,3-5,8-9H2,1-2H3. The molecule has 1 aromatic carbocycles. The van der Waals surface area contributed by atoms with Crippen LogP contribution in [0.5, 0.6) is 0 Å². The lowest BCUT2D eigenvalue weighted by Crippen LogP contribution is -2.30. The molecule has 0 spiro atoms. The van der Waals surface area contributed by atoms with E-state index >= 15 is 0 Å². The van der Waals surface area contributed by atoms with Crippen LogP contribution in [0.15, 0.2) is 27.6 Å². The Morgan fingerprint density at radius 1 is 1.30 bits per heavy atom. The van der Waals surface area contributed by atoms with Crippen molar-refractivity contribution in [3.63, 3.8) is 0 Å². The normalized spacial score (nSPS) is 12.1. The Morgan fingerprint density at radius 3 is 2.50 bits per heavy atom. The third-order valence-electron chi connectivity index (χ3n) is 3.02. The fourth-order valence-electron chi connectivity index (χ4n) is 1.82. The molecule has 1 N–H and O–H groups in total. The summed E-state index contributed by atoms with van der Waals surface area (Å²) in [6.45, 7) is 7.26. The number of rotatable bonds is 8. The molecule has 0 radical (unpaired) electrons. The smallest absolute Gasteiger partial charge is 0.241 e. The predicted octanol–water partition coefficient (Wildman–Crippen LogP) is 2.60. The number of halogens is 2. The van der Waals surface area contributed by atoms with Gasteiger partial charge in [-0.05, 0) is 60.2 Å². The van der Waals surface area contributed by atoms with Crippen molar-refractivity contribution in [2.75, 3.05) is 26.2 Å². The summed E-state index contributed by atoms with van der Waals surface area (Å²) in [6, 6.07) is 3.53. The van der Waals surface area contributed by atoms with Gasteiger partial charge in [0.2, 0.25) is 10.0 Å². The maximum Gasteiger partial charge on any atom is 0.241 e. The van der Waals surface area contributed by atoms with Crippen molar-refractivity contribution >= 4 is 26.0 Å². The molecule has 0 bridgehead atoms. The molecule has 0 amide bonds. The number of benzene rings is 1. The lowest BCUT2D eigenvalue weighted by atomic mass is 10.3. The van der Waals surface area contributed by atoms with Gasteiger partial charge in [-0.1, -0.05) is 13.8 Å². The average Bonchev–Trinajstić information content (AvgIpc) is 2.38. The molecule has 0 heterocycles. The lowest BCUT2D eigenvalue weighted by molar-refractivity contribution is 0.300. The number of hydrogen-bond acceptors (Lipinski definition) is 3. The van der Waals surface area contributed by atoms with Gasteiger partial charge < -0.3 is 4.90 Å². The van der Waals surface area contributed by atoms with E-state index in [4.69, 9.17) is 0 Å². The highest BCUT2D eigenvalue weighted by Gasteiger charge is 2.17. The minimum Gasteiger partial charge on any atom is -0.304 e. The van der Waals surface area contributed by atoms with Crippen LogP contribution in [-0.2, 0) is 10.0 Å². The van der Waals surface area contributed by atoms with Crippen molar-refractivity contribution in [1.82, 2.24) is 9.62 Å². The molecule has 0 aliphatic carbocycles. The number of nitrogens with one attached hydrogen (secondary N) is 1. The first-order chi connectivity index (χ1) is 9.40. The zero-order valence-electron chi connectivity index (χ0n) is 11.7. The molecule has 1 aromatic rings. The van der Waals surface area contributed by atoms with Crippen LogP contribution in [-0.4, -0.2) is 39.5 Å². The van der Waals surface area contributed by atoms with Gasteiger partial charge in [0, 0.05) is 11.0 Å². The molecule has 0 saturated heterocycles. The van der Waals surface area contributed by atoms with E-state index in [1.165, 1.54) is 6.07 Å². The zero-order chi connectivity index (χ0) is 15.2. The fraction of sp³-hybridized carbons (Fsp3) is 0.538. The monoisotopic (exact) mass is 366 g/mol. The van der Waals surface area contributed by atoms with Gasteiger partial charge in [0.1, 0.15) is 5.82 Å². The molecule has 114 valence electrons. The van der Waals surface area contributed by atoms with Crippen molar-refractivity contribution in [3.8, 4) is 0 Å². The second-order valence-corrected chi connectivity index (χ2v) is 6.94. The zero-order valence-corrected chi connectivity index (χ0v) is 14.1. The van der Waals surface area contributed by atoms with Gasteiger partial charge >= 0.3 is 0 Å². The van der Waals surface area contributed by atoms with Gasteiger partial charge in [-0.25, -0.2) is 17.5 Å². The van der Waals surface area contributed by atoms with E-state index in [1.54, 1.807) is 0 Å². The Labute approximate surface area is 128 Å². The molecule has 7 heteroatoms. The molecule has 0 saturated carbocycles. The van der Waals surface area contributed by atoms with Gasteiger partial charge in [0.05, 0.1) is 4.90 Å². The summed E-state index contributed by atoms with van der Waals surface area (Å²) in [5.74, 6) is -0.475. The van der Waals surface area contributed by atoms with Crippen LogP contribution in [0, 0.1) is 5.82 Å². The van der Waals surface area contributed by atoms with E-state index in [9.17, 15) is 12.8 Å². The largest absolute Gasteiger partial charge is 0.304 e. The summed E-state index contributed by atoms with van der Waals surface area (Å²) in [4.78, 5) is 2.28. The molecule has 0 aromatic heterocycles. The van der Waals surface area contributed by atoms with Crippen molar-refractivity contribution in [3.05, 3.63) is 28.5 Å². The Morgan fingerprint density at radius 2 is 1.95 bits per heavy atom. The second kappa shape index (κ2) is 8.07. The Balaban J connectivity index is 2.58.